The fourth-order valence-corrected chi connectivity index (χ4v) is 2.23. The highest BCUT2D eigenvalue weighted by Gasteiger charge is 2.53. The van der Waals surface area contributed by atoms with Gasteiger partial charge in [0.25, 0.3) is 11.6 Å². The number of esters is 1. The van der Waals surface area contributed by atoms with Crippen LogP contribution in [-0.2, 0) is 14.3 Å². The van der Waals surface area contributed by atoms with Crippen molar-refractivity contribution < 1.29 is 37.6 Å². The number of alkyl halides is 3. The van der Waals surface area contributed by atoms with Gasteiger partial charge in [0, 0.05) is 12.1 Å². The Kier molecular flexibility index (Phi) is 4.95. The average Bonchev–Trinajstić information content (AvgIpc) is 2.95. The van der Waals surface area contributed by atoms with Crippen LogP contribution in [0.2, 0.25) is 0 Å². The zero-order chi connectivity index (χ0) is 18.8. The molecular formula is C14H11F3N2O6. The largest absolute Gasteiger partial charge is 0.463 e. The summed E-state index contributed by atoms with van der Waals surface area (Å²) in [4.78, 5) is 22.0. The van der Waals surface area contributed by atoms with Crippen LogP contribution in [0.15, 0.2) is 35.0 Å². The molecule has 2 rings (SSSR count). The highest BCUT2D eigenvalue weighted by atomic mass is 19.4. The normalized spacial score (nSPS) is 19.0. The van der Waals surface area contributed by atoms with E-state index >= 15 is 0 Å². The molecular weight excluding hydrogens is 349 g/mol. The third-order valence-electron chi connectivity index (χ3n) is 3.23. The van der Waals surface area contributed by atoms with E-state index in [-0.39, 0.29) is 17.9 Å². The van der Waals surface area contributed by atoms with Crippen molar-refractivity contribution in [3.63, 3.8) is 0 Å². The summed E-state index contributed by atoms with van der Waals surface area (Å²) < 4.78 is 48.8. The molecule has 1 aromatic rings. The van der Waals surface area contributed by atoms with Crippen molar-refractivity contribution in [1.82, 2.24) is 0 Å². The van der Waals surface area contributed by atoms with E-state index in [1.807, 2.05) is 0 Å². The molecule has 134 valence electrons. The molecule has 1 atom stereocenters. The van der Waals surface area contributed by atoms with Gasteiger partial charge in [-0.05, 0) is 29.8 Å². The van der Waals surface area contributed by atoms with Crippen molar-refractivity contribution in [2.24, 2.45) is 5.16 Å². The number of ether oxygens (including phenoxy) is 2. The third kappa shape index (κ3) is 3.54. The van der Waals surface area contributed by atoms with Crippen LogP contribution in [0.5, 0.6) is 0 Å². The van der Waals surface area contributed by atoms with Crippen LogP contribution in [0, 0.1) is 10.1 Å². The molecule has 0 radical (unpaired) electrons. The van der Waals surface area contributed by atoms with Crippen molar-refractivity contribution in [2.75, 3.05) is 6.61 Å². The lowest BCUT2D eigenvalue weighted by Crippen LogP contribution is -2.34. The molecule has 1 N–H and O–H groups in total. The van der Waals surface area contributed by atoms with Crippen LogP contribution in [-0.4, -0.2) is 40.9 Å². The minimum Gasteiger partial charge on any atom is -0.463 e. The van der Waals surface area contributed by atoms with Gasteiger partial charge in [-0.15, -0.1) is 0 Å². The first-order chi connectivity index (χ1) is 11.7. The molecule has 0 aromatic heterocycles. The quantitative estimate of drug-likeness (QED) is 0.382. The minimum absolute atomic E-state index is 0.0341. The Morgan fingerprint density at radius 1 is 1.40 bits per heavy atom. The zero-order valence-corrected chi connectivity index (χ0v) is 12.6. The molecule has 11 heteroatoms. The Labute approximate surface area is 138 Å². The van der Waals surface area contributed by atoms with Crippen LogP contribution in [0.25, 0.3) is 5.57 Å². The first-order valence-electron chi connectivity index (χ1n) is 6.82. The predicted octanol–water partition coefficient (Wildman–Crippen LogP) is 2.66. The van der Waals surface area contributed by atoms with Gasteiger partial charge in [-0.2, -0.15) is 13.2 Å². The molecule has 1 aromatic carbocycles. The average molecular weight is 360 g/mol. The van der Waals surface area contributed by atoms with Crippen LogP contribution >= 0.6 is 0 Å². The van der Waals surface area contributed by atoms with Gasteiger partial charge in [-0.25, -0.2) is 4.79 Å². The van der Waals surface area contributed by atoms with Crippen molar-refractivity contribution in [3.8, 4) is 0 Å². The van der Waals surface area contributed by atoms with Gasteiger partial charge < -0.3 is 14.7 Å². The summed E-state index contributed by atoms with van der Waals surface area (Å²) >= 11 is 0. The van der Waals surface area contributed by atoms with Crippen LogP contribution in [0.3, 0.4) is 0 Å². The molecule has 0 fully saturated rings. The van der Waals surface area contributed by atoms with E-state index in [0.717, 1.165) is 24.3 Å². The monoisotopic (exact) mass is 360 g/mol. The van der Waals surface area contributed by atoms with E-state index in [4.69, 9.17) is 5.21 Å². The maximum atomic E-state index is 13.2. The lowest BCUT2D eigenvalue weighted by atomic mass is 9.98. The fourth-order valence-electron chi connectivity index (χ4n) is 2.23. The maximum absolute atomic E-state index is 13.2. The van der Waals surface area contributed by atoms with Crippen molar-refractivity contribution >= 4 is 23.1 Å². The summed E-state index contributed by atoms with van der Waals surface area (Å²) in [6.45, 7) is 1.22. The first-order valence-corrected chi connectivity index (χ1v) is 6.82. The van der Waals surface area contributed by atoms with Crippen LogP contribution in [0.4, 0.5) is 18.9 Å². The standard InChI is InChI=1S/C14H11F3N2O6/c1-2-24-13(20)10-9(7-3-5-8(6-4-7)19(22)23)12(18-21)25-11(10)14(15,16)17/h3-6,11,21H,2H2,1H3/b18-12+. The number of hydrogen-bond acceptors (Lipinski definition) is 7. The maximum Gasteiger partial charge on any atom is 0.430 e. The Morgan fingerprint density at radius 2 is 2.00 bits per heavy atom. The van der Waals surface area contributed by atoms with Crippen molar-refractivity contribution in [1.29, 1.82) is 0 Å². The second kappa shape index (κ2) is 6.79. The summed E-state index contributed by atoms with van der Waals surface area (Å²) in [6.07, 6.45) is -7.65. The molecule has 0 aliphatic carbocycles. The van der Waals surface area contributed by atoms with E-state index in [1.165, 1.54) is 6.92 Å². The number of oxime groups is 1. The first kappa shape index (κ1) is 18.2. The molecule has 0 spiro atoms. The molecule has 1 aliphatic rings. The molecule has 25 heavy (non-hydrogen) atoms. The minimum atomic E-state index is -4.97. The zero-order valence-electron chi connectivity index (χ0n) is 12.6. The highest BCUT2D eigenvalue weighted by molar-refractivity contribution is 6.27. The summed E-state index contributed by atoms with van der Waals surface area (Å²) in [5.74, 6) is -2.13. The lowest BCUT2D eigenvalue weighted by Gasteiger charge is -2.16. The van der Waals surface area contributed by atoms with E-state index < -0.39 is 40.2 Å². The van der Waals surface area contributed by atoms with Gasteiger partial charge in [-0.3, -0.25) is 10.1 Å². The Hall–Kier alpha value is -3.11. The number of nitro benzene ring substituents is 1. The number of nitrogens with zero attached hydrogens (tertiary/aromatic N) is 2. The van der Waals surface area contributed by atoms with Crippen molar-refractivity contribution in [3.05, 3.63) is 45.5 Å². The van der Waals surface area contributed by atoms with E-state index in [2.05, 4.69) is 14.6 Å². The number of rotatable bonds is 4. The van der Waals surface area contributed by atoms with Gasteiger partial charge in [0.05, 0.1) is 17.1 Å². The molecule has 1 heterocycles. The predicted molar refractivity (Wildman–Crippen MR) is 76.8 cm³/mol. The number of halogens is 3. The van der Waals surface area contributed by atoms with Gasteiger partial charge >= 0.3 is 12.1 Å². The molecule has 0 amide bonds. The summed E-state index contributed by atoms with van der Waals surface area (Å²) in [5.41, 5.74) is -1.68. The number of hydrogen-bond donors (Lipinski definition) is 1. The second-order valence-electron chi connectivity index (χ2n) is 4.76. The number of benzene rings is 1. The number of carbonyl (C=O) groups is 1. The van der Waals surface area contributed by atoms with Crippen molar-refractivity contribution in [2.45, 2.75) is 19.2 Å². The molecule has 1 aliphatic heterocycles. The summed E-state index contributed by atoms with van der Waals surface area (Å²) in [7, 11) is 0. The molecule has 8 nitrogen and oxygen atoms in total. The SMILES string of the molecule is CCOC(=O)C1=C(c2ccc([N+](=O)[O-])cc2)/C(=N\O)OC1C(F)(F)F. The molecule has 1 unspecified atom stereocenters. The summed E-state index contributed by atoms with van der Waals surface area (Å²) in [5, 5.41) is 22.3. The Bertz CT molecular complexity index is 755. The topological polar surface area (TPSA) is 111 Å². The van der Waals surface area contributed by atoms with Gasteiger partial charge in [-0.1, -0.05) is 0 Å². The van der Waals surface area contributed by atoms with E-state index in [9.17, 15) is 28.1 Å². The van der Waals surface area contributed by atoms with Crippen LogP contribution in [0.1, 0.15) is 12.5 Å². The van der Waals surface area contributed by atoms with E-state index in [1.54, 1.807) is 0 Å². The van der Waals surface area contributed by atoms with E-state index in [0.29, 0.717) is 0 Å². The molecule has 0 saturated carbocycles. The summed E-state index contributed by atoms with van der Waals surface area (Å²) in [6, 6.07) is 4.28. The van der Waals surface area contributed by atoms with Gasteiger partial charge in [0.1, 0.15) is 5.57 Å². The number of carbonyl (C=O) groups excluding carboxylic acids is 1. The smallest absolute Gasteiger partial charge is 0.430 e. The second-order valence-corrected chi connectivity index (χ2v) is 4.76. The van der Waals surface area contributed by atoms with Crippen LogP contribution < -0.4 is 0 Å². The third-order valence-corrected chi connectivity index (χ3v) is 3.23. The van der Waals surface area contributed by atoms with Gasteiger partial charge in [0.2, 0.25) is 6.10 Å². The number of nitro groups is 1. The highest BCUT2D eigenvalue weighted by Crippen LogP contribution is 2.40. The molecule has 0 bridgehead atoms. The lowest BCUT2D eigenvalue weighted by molar-refractivity contribution is -0.384. The Balaban J connectivity index is 2.65. The fraction of sp³-hybridized carbons (Fsp3) is 0.286. The molecule has 0 saturated heterocycles. The van der Waals surface area contributed by atoms with Gasteiger partial charge in [0.15, 0.2) is 0 Å². The number of non-ortho nitro benzene ring substituents is 1. The Morgan fingerprint density at radius 3 is 2.44 bits per heavy atom.